The normalized spacial score (nSPS) is 12.5. The highest BCUT2D eigenvalue weighted by molar-refractivity contribution is 6.00. The van der Waals surface area contributed by atoms with Gasteiger partial charge in [-0.15, -0.1) is 0 Å². The summed E-state index contributed by atoms with van der Waals surface area (Å²) in [5.41, 5.74) is 6.20. The van der Waals surface area contributed by atoms with Crippen molar-refractivity contribution in [3.05, 3.63) is 84.1 Å². The molecule has 0 saturated carbocycles. The molecule has 3 heteroatoms. The number of aromatic nitrogens is 1. The summed E-state index contributed by atoms with van der Waals surface area (Å²) in [5, 5.41) is 2.35. The molecule has 0 atom stereocenters. The Morgan fingerprint density at radius 1 is 0.889 bits per heavy atom. The van der Waals surface area contributed by atoms with Crippen molar-refractivity contribution in [3.63, 3.8) is 0 Å². The van der Waals surface area contributed by atoms with E-state index < -0.39 is 0 Å². The fourth-order valence-corrected chi connectivity index (χ4v) is 4.12. The van der Waals surface area contributed by atoms with Gasteiger partial charge in [0.15, 0.2) is 0 Å². The zero-order valence-corrected chi connectivity index (χ0v) is 15.1. The Morgan fingerprint density at radius 2 is 1.67 bits per heavy atom. The maximum atomic E-state index is 12.7. The van der Waals surface area contributed by atoms with Crippen molar-refractivity contribution >= 4 is 16.7 Å². The molecule has 1 aromatic heterocycles. The number of methoxy groups -OCH3 is 1. The molecule has 5 rings (SSSR count). The van der Waals surface area contributed by atoms with Crippen LogP contribution in [0.3, 0.4) is 0 Å². The van der Waals surface area contributed by atoms with Crippen molar-refractivity contribution in [3.8, 4) is 22.4 Å². The first-order chi connectivity index (χ1) is 13.3. The average molecular weight is 353 g/mol. The van der Waals surface area contributed by atoms with Crippen LogP contribution in [0, 0.1) is 0 Å². The van der Waals surface area contributed by atoms with Gasteiger partial charge in [0.2, 0.25) is 0 Å². The van der Waals surface area contributed by atoms with Crippen LogP contribution >= 0.6 is 0 Å². The van der Waals surface area contributed by atoms with Gasteiger partial charge in [0, 0.05) is 23.4 Å². The summed E-state index contributed by atoms with van der Waals surface area (Å²) in [7, 11) is 1.45. The molecule has 0 unspecified atom stereocenters. The third-order valence-electron chi connectivity index (χ3n) is 5.43. The molecule has 3 nitrogen and oxygen atoms in total. The Bertz CT molecular complexity index is 1190. The monoisotopic (exact) mass is 353 g/mol. The van der Waals surface area contributed by atoms with Crippen molar-refractivity contribution in [2.75, 3.05) is 7.11 Å². The van der Waals surface area contributed by atoms with E-state index in [1.54, 1.807) is 0 Å². The second kappa shape index (κ2) is 6.13. The molecule has 0 radical (unpaired) electrons. The van der Waals surface area contributed by atoms with Gasteiger partial charge in [-0.05, 0) is 40.5 Å². The van der Waals surface area contributed by atoms with Crippen LogP contribution in [0.2, 0.25) is 0 Å². The van der Waals surface area contributed by atoms with E-state index in [0.29, 0.717) is 5.69 Å². The van der Waals surface area contributed by atoms with Gasteiger partial charge in [-0.3, -0.25) is 0 Å². The third kappa shape index (κ3) is 2.47. The van der Waals surface area contributed by atoms with Gasteiger partial charge < -0.3 is 9.30 Å². The van der Waals surface area contributed by atoms with Gasteiger partial charge in [-0.25, -0.2) is 4.79 Å². The summed E-state index contributed by atoms with van der Waals surface area (Å²) in [5.74, 6) is -0.288. The second-order valence-electron chi connectivity index (χ2n) is 6.90. The molecule has 0 fully saturated rings. The van der Waals surface area contributed by atoms with Crippen molar-refractivity contribution in [1.29, 1.82) is 0 Å². The smallest absolute Gasteiger partial charge is 0.355 e. The van der Waals surface area contributed by atoms with E-state index in [9.17, 15) is 4.79 Å². The van der Waals surface area contributed by atoms with Crippen LogP contribution in [0.1, 0.15) is 16.1 Å². The fourth-order valence-electron chi connectivity index (χ4n) is 4.12. The summed E-state index contributed by atoms with van der Waals surface area (Å²) in [6, 6.07) is 25.2. The topological polar surface area (TPSA) is 31.2 Å². The predicted molar refractivity (Wildman–Crippen MR) is 108 cm³/mol. The highest BCUT2D eigenvalue weighted by Crippen LogP contribution is 2.38. The molecule has 0 aliphatic carbocycles. The second-order valence-corrected chi connectivity index (χ2v) is 6.90. The lowest BCUT2D eigenvalue weighted by Gasteiger charge is -2.20. The molecule has 1 aliphatic heterocycles. The molecule has 27 heavy (non-hydrogen) atoms. The molecule has 0 spiro atoms. The number of ether oxygens (including phenoxy) is 1. The van der Waals surface area contributed by atoms with Gasteiger partial charge >= 0.3 is 5.97 Å². The quantitative estimate of drug-likeness (QED) is 0.457. The Labute approximate surface area is 157 Å². The van der Waals surface area contributed by atoms with Gasteiger partial charge in [0.05, 0.1) is 7.11 Å². The minimum absolute atomic E-state index is 0.288. The lowest BCUT2D eigenvalue weighted by atomic mass is 9.98. The zero-order valence-electron chi connectivity index (χ0n) is 15.1. The van der Waals surface area contributed by atoms with E-state index in [0.717, 1.165) is 35.2 Å². The van der Waals surface area contributed by atoms with Crippen molar-refractivity contribution in [1.82, 2.24) is 4.57 Å². The van der Waals surface area contributed by atoms with Crippen LogP contribution in [0.5, 0.6) is 0 Å². The highest BCUT2D eigenvalue weighted by atomic mass is 16.5. The van der Waals surface area contributed by atoms with Crippen LogP contribution in [0.4, 0.5) is 0 Å². The van der Waals surface area contributed by atoms with Crippen molar-refractivity contribution in [2.24, 2.45) is 0 Å². The number of rotatable bonds is 2. The first-order valence-corrected chi connectivity index (χ1v) is 9.15. The molecule has 0 N–H and O–H groups in total. The first-order valence-electron chi connectivity index (χ1n) is 9.15. The number of hydrogen-bond donors (Lipinski definition) is 0. The average Bonchev–Trinajstić information content (AvgIpc) is 3.13. The van der Waals surface area contributed by atoms with E-state index in [1.807, 2.05) is 12.1 Å². The van der Waals surface area contributed by atoms with Crippen LogP contribution in [0.15, 0.2) is 72.8 Å². The highest BCUT2D eigenvalue weighted by Gasteiger charge is 2.26. The number of benzene rings is 3. The molecule has 0 bridgehead atoms. The number of carbonyl (C=O) groups is 1. The Hall–Kier alpha value is -3.33. The van der Waals surface area contributed by atoms with Gasteiger partial charge in [0.25, 0.3) is 0 Å². The maximum Gasteiger partial charge on any atom is 0.355 e. The molecule has 2 heterocycles. The number of carbonyl (C=O) groups excluding carboxylic acids is 1. The maximum absolute atomic E-state index is 12.7. The minimum Gasteiger partial charge on any atom is -0.464 e. The fraction of sp³-hybridized carbons (Fsp3) is 0.125. The number of hydrogen-bond acceptors (Lipinski definition) is 2. The van der Waals surface area contributed by atoms with Crippen molar-refractivity contribution in [2.45, 2.75) is 13.0 Å². The third-order valence-corrected chi connectivity index (χ3v) is 5.43. The summed E-state index contributed by atoms with van der Waals surface area (Å²) < 4.78 is 7.25. The number of nitrogens with zero attached hydrogens (tertiary/aromatic N) is 1. The molecule has 132 valence electrons. The summed E-state index contributed by atoms with van der Waals surface area (Å²) in [6.45, 7) is 0.782. The largest absolute Gasteiger partial charge is 0.464 e. The van der Waals surface area contributed by atoms with E-state index >= 15 is 0 Å². The first kappa shape index (κ1) is 15.9. The number of esters is 1. The lowest BCUT2D eigenvalue weighted by Crippen LogP contribution is -2.17. The van der Waals surface area contributed by atoms with Gasteiger partial charge in [-0.1, -0.05) is 60.7 Å². The Kier molecular flexibility index (Phi) is 3.61. The lowest BCUT2D eigenvalue weighted by molar-refractivity contribution is 0.0589. The van der Waals surface area contributed by atoms with E-state index in [4.69, 9.17) is 4.74 Å². The molecular weight excluding hydrogens is 334 g/mol. The molecule has 4 aromatic rings. The molecule has 1 aliphatic rings. The molecule has 3 aromatic carbocycles. The number of fused-ring (bicyclic) bond motifs is 4. The van der Waals surface area contributed by atoms with Crippen LogP contribution in [-0.4, -0.2) is 17.6 Å². The van der Waals surface area contributed by atoms with Gasteiger partial charge in [0.1, 0.15) is 5.69 Å². The predicted octanol–water partition coefficient (Wildman–Crippen LogP) is 5.32. The van der Waals surface area contributed by atoms with Crippen LogP contribution in [-0.2, 0) is 17.7 Å². The molecule has 0 saturated heterocycles. The summed E-state index contributed by atoms with van der Waals surface area (Å²) in [4.78, 5) is 12.7. The van der Waals surface area contributed by atoms with Gasteiger partial charge in [-0.2, -0.15) is 0 Å². The van der Waals surface area contributed by atoms with E-state index in [2.05, 4.69) is 65.2 Å². The van der Waals surface area contributed by atoms with E-state index in [-0.39, 0.29) is 5.97 Å². The minimum atomic E-state index is -0.288. The summed E-state index contributed by atoms with van der Waals surface area (Å²) >= 11 is 0. The summed E-state index contributed by atoms with van der Waals surface area (Å²) in [6.07, 6.45) is 0.916. The molecule has 0 amide bonds. The van der Waals surface area contributed by atoms with Crippen LogP contribution < -0.4 is 0 Å². The van der Waals surface area contributed by atoms with E-state index in [1.165, 1.54) is 23.6 Å². The van der Waals surface area contributed by atoms with Crippen LogP contribution in [0.25, 0.3) is 33.2 Å². The zero-order chi connectivity index (χ0) is 18.4. The number of aryl methyl sites for hydroxylation is 1. The Balaban J connectivity index is 1.77. The standard InChI is InChI=1S/C24H19NO2/c1-27-24(26)23-21(19-11-10-16-6-2-3-8-18(16)14-19)15-22-20-9-5-4-7-17(20)12-13-25(22)23/h2-11,14-15H,12-13H2,1H3. The van der Waals surface area contributed by atoms with Crippen molar-refractivity contribution < 1.29 is 9.53 Å². The Morgan fingerprint density at radius 3 is 2.52 bits per heavy atom. The molecular formula is C24H19NO2. The SMILES string of the molecule is COC(=O)c1c(-c2ccc3ccccc3c2)cc2n1CCc1ccccc1-2.